The highest BCUT2D eigenvalue weighted by atomic mass is 16.5. The number of carboxylic acid groups (broad SMARTS) is 1. The average Bonchev–Trinajstić information content (AvgIpc) is 2.64. The van der Waals surface area contributed by atoms with Gasteiger partial charge in [-0.05, 0) is 25.0 Å². The Hall–Kier alpha value is -1.35. The lowest BCUT2D eigenvalue weighted by molar-refractivity contribution is 0.0694. The van der Waals surface area contributed by atoms with Crippen LogP contribution in [0.3, 0.4) is 0 Å². The number of ether oxygens (including phenoxy) is 1. The van der Waals surface area contributed by atoms with Crippen molar-refractivity contribution in [2.75, 3.05) is 6.61 Å². The molecule has 2 atom stereocenters. The summed E-state index contributed by atoms with van der Waals surface area (Å²) in [6.45, 7) is 2.72. The summed E-state index contributed by atoms with van der Waals surface area (Å²) >= 11 is 0. The summed E-state index contributed by atoms with van der Waals surface area (Å²) in [6.07, 6.45) is 1.02. The van der Waals surface area contributed by atoms with Crippen LogP contribution < -0.4 is 0 Å². The first-order valence-corrected chi connectivity index (χ1v) is 5.14. The van der Waals surface area contributed by atoms with Gasteiger partial charge in [0.05, 0.1) is 11.7 Å². The number of aromatic carboxylic acids is 1. The third-order valence-corrected chi connectivity index (χ3v) is 2.97. The molecule has 0 spiro atoms. The predicted octanol–water partition coefficient (Wildman–Crippen LogP) is 2.28. The van der Waals surface area contributed by atoms with Crippen LogP contribution in [0, 0.1) is 0 Å². The molecule has 1 aromatic carbocycles. The molecule has 1 N–H and O–H groups in total. The van der Waals surface area contributed by atoms with E-state index in [1.807, 2.05) is 19.1 Å². The first-order chi connectivity index (χ1) is 7.20. The summed E-state index contributed by atoms with van der Waals surface area (Å²) in [6, 6.07) is 7.18. The molecule has 0 radical (unpaired) electrons. The Kier molecular flexibility index (Phi) is 2.73. The quantitative estimate of drug-likeness (QED) is 0.807. The second-order valence-corrected chi connectivity index (χ2v) is 3.86. The van der Waals surface area contributed by atoms with Crippen molar-refractivity contribution in [3.05, 3.63) is 35.4 Å². The highest BCUT2D eigenvalue weighted by Crippen LogP contribution is 2.32. The van der Waals surface area contributed by atoms with E-state index in [0.717, 1.165) is 18.6 Å². The Morgan fingerprint density at radius 1 is 1.47 bits per heavy atom. The Morgan fingerprint density at radius 2 is 2.20 bits per heavy atom. The van der Waals surface area contributed by atoms with Gasteiger partial charge in [0, 0.05) is 12.5 Å². The fraction of sp³-hybridized carbons (Fsp3) is 0.417. The van der Waals surface area contributed by atoms with E-state index in [1.165, 1.54) is 0 Å². The minimum Gasteiger partial charge on any atom is -0.478 e. The van der Waals surface area contributed by atoms with Crippen molar-refractivity contribution in [3.63, 3.8) is 0 Å². The molecule has 0 saturated carbocycles. The molecule has 2 unspecified atom stereocenters. The zero-order chi connectivity index (χ0) is 10.8. The minimum atomic E-state index is -0.857. The lowest BCUT2D eigenvalue weighted by atomic mass is 9.89. The van der Waals surface area contributed by atoms with E-state index in [-0.39, 0.29) is 12.0 Å². The molecule has 0 amide bonds. The zero-order valence-corrected chi connectivity index (χ0v) is 8.64. The normalized spacial score (nSPS) is 25.4. The largest absolute Gasteiger partial charge is 0.478 e. The highest BCUT2D eigenvalue weighted by Gasteiger charge is 2.28. The molecule has 3 nitrogen and oxygen atoms in total. The number of hydrogen-bond acceptors (Lipinski definition) is 2. The van der Waals surface area contributed by atoms with Crippen LogP contribution >= 0.6 is 0 Å². The number of hydrogen-bond donors (Lipinski definition) is 1. The van der Waals surface area contributed by atoms with Gasteiger partial charge in [0.1, 0.15) is 0 Å². The smallest absolute Gasteiger partial charge is 0.335 e. The second kappa shape index (κ2) is 4.03. The Morgan fingerprint density at radius 3 is 2.80 bits per heavy atom. The van der Waals surface area contributed by atoms with Crippen LogP contribution in [0.1, 0.15) is 35.2 Å². The molecule has 0 aromatic heterocycles. The van der Waals surface area contributed by atoms with Gasteiger partial charge in [-0.3, -0.25) is 0 Å². The van der Waals surface area contributed by atoms with Crippen LogP contribution in [0.25, 0.3) is 0 Å². The van der Waals surface area contributed by atoms with Gasteiger partial charge < -0.3 is 9.84 Å². The van der Waals surface area contributed by atoms with Crippen molar-refractivity contribution in [2.45, 2.75) is 25.4 Å². The standard InChI is InChI=1S/C12H14O3/c1-8-9(6-7-15-8)10-4-2-3-5-11(10)12(13)14/h2-5,8-9H,6-7H2,1H3,(H,13,14). The Bertz CT molecular complexity index is 373. The van der Waals surface area contributed by atoms with Crippen molar-refractivity contribution in [1.82, 2.24) is 0 Å². The first-order valence-electron chi connectivity index (χ1n) is 5.14. The molecule has 15 heavy (non-hydrogen) atoms. The van der Waals surface area contributed by atoms with Crippen molar-refractivity contribution in [2.24, 2.45) is 0 Å². The van der Waals surface area contributed by atoms with Crippen molar-refractivity contribution < 1.29 is 14.6 Å². The van der Waals surface area contributed by atoms with Gasteiger partial charge in [0.15, 0.2) is 0 Å². The van der Waals surface area contributed by atoms with Gasteiger partial charge in [-0.2, -0.15) is 0 Å². The second-order valence-electron chi connectivity index (χ2n) is 3.86. The van der Waals surface area contributed by atoms with Crippen LogP contribution in [0.15, 0.2) is 24.3 Å². The van der Waals surface area contributed by atoms with Crippen molar-refractivity contribution in [3.8, 4) is 0 Å². The fourth-order valence-electron chi connectivity index (χ4n) is 2.16. The molecule has 1 heterocycles. The van der Waals surface area contributed by atoms with Gasteiger partial charge >= 0.3 is 5.97 Å². The number of carbonyl (C=O) groups is 1. The molecule has 1 saturated heterocycles. The maximum absolute atomic E-state index is 11.0. The Labute approximate surface area is 88.7 Å². The predicted molar refractivity (Wildman–Crippen MR) is 56.2 cm³/mol. The van der Waals surface area contributed by atoms with Crippen molar-refractivity contribution in [1.29, 1.82) is 0 Å². The fourth-order valence-corrected chi connectivity index (χ4v) is 2.16. The Balaban J connectivity index is 2.38. The van der Waals surface area contributed by atoms with Crippen LogP contribution in [0.5, 0.6) is 0 Å². The summed E-state index contributed by atoms with van der Waals surface area (Å²) in [5.74, 6) is -0.637. The maximum Gasteiger partial charge on any atom is 0.335 e. The highest BCUT2D eigenvalue weighted by molar-refractivity contribution is 5.89. The topological polar surface area (TPSA) is 46.5 Å². The molecule has 1 aliphatic heterocycles. The number of rotatable bonds is 2. The molecular weight excluding hydrogens is 192 g/mol. The molecule has 80 valence electrons. The lowest BCUT2D eigenvalue weighted by Crippen LogP contribution is -2.13. The van der Waals surface area contributed by atoms with Gasteiger partial charge in [0.25, 0.3) is 0 Å². The third kappa shape index (κ3) is 1.88. The zero-order valence-electron chi connectivity index (χ0n) is 8.64. The van der Waals surface area contributed by atoms with Gasteiger partial charge in [-0.1, -0.05) is 18.2 Å². The van der Waals surface area contributed by atoms with Gasteiger partial charge in [-0.25, -0.2) is 4.79 Å². The van der Waals surface area contributed by atoms with E-state index in [0.29, 0.717) is 5.56 Å². The maximum atomic E-state index is 11.0. The van der Waals surface area contributed by atoms with Crippen molar-refractivity contribution >= 4 is 5.97 Å². The third-order valence-electron chi connectivity index (χ3n) is 2.97. The SMILES string of the molecule is CC1OCCC1c1ccccc1C(=O)O. The van der Waals surface area contributed by atoms with E-state index in [9.17, 15) is 4.79 Å². The molecule has 1 aromatic rings. The summed E-state index contributed by atoms with van der Waals surface area (Å²) in [4.78, 5) is 11.0. The molecule has 3 heteroatoms. The summed E-state index contributed by atoms with van der Waals surface area (Å²) in [5.41, 5.74) is 1.30. The monoisotopic (exact) mass is 206 g/mol. The lowest BCUT2D eigenvalue weighted by Gasteiger charge is -2.16. The number of benzene rings is 1. The van der Waals surface area contributed by atoms with E-state index < -0.39 is 5.97 Å². The van der Waals surface area contributed by atoms with E-state index >= 15 is 0 Å². The van der Waals surface area contributed by atoms with Crippen LogP contribution in [0.2, 0.25) is 0 Å². The van der Waals surface area contributed by atoms with E-state index in [2.05, 4.69) is 0 Å². The summed E-state index contributed by atoms with van der Waals surface area (Å²) < 4.78 is 5.46. The van der Waals surface area contributed by atoms with Gasteiger partial charge in [-0.15, -0.1) is 0 Å². The molecular formula is C12H14O3. The molecule has 2 rings (SSSR count). The van der Waals surface area contributed by atoms with Crippen LogP contribution in [-0.2, 0) is 4.74 Å². The van der Waals surface area contributed by atoms with E-state index in [4.69, 9.17) is 9.84 Å². The molecule has 0 aliphatic carbocycles. The molecule has 1 fully saturated rings. The minimum absolute atomic E-state index is 0.116. The van der Waals surface area contributed by atoms with Crippen LogP contribution in [0.4, 0.5) is 0 Å². The molecule has 0 bridgehead atoms. The molecule has 1 aliphatic rings. The van der Waals surface area contributed by atoms with Crippen LogP contribution in [-0.4, -0.2) is 23.8 Å². The number of carboxylic acids is 1. The summed E-state index contributed by atoms with van der Waals surface area (Å²) in [7, 11) is 0. The van der Waals surface area contributed by atoms with Gasteiger partial charge in [0.2, 0.25) is 0 Å². The first kappa shape index (κ1) is 10.2. The van der Waals surface area contributed by atoms with E-state index in [1.54, 1.807) is 12.1 Å². The average molecular weight is 206 g/mol. The summed E-state index contributed by atoms with van der Waals surface area (Å²) in [5, 5.41) is 9.07.